The molecule has 2 N–H and O–H groups in total. The molecule has 8 heteroatoms. The minimum absolute atomic E-state index is 0.120. The maximum Gasteiger partial charge on any atom is 0.227 e. The number of carbonyl (C=O) groups excluding carboxylic acids is 1. The molecule has 1 aliphatic heterocycles. The zero-order valence-corrected chi connectivity index (χ0v) is 20.4. The van der Waals surface area contributed by atoms with Crippen molar-refractivity contribution in [3.05, 3.63) is 48.0 Å². The summed E-state index contributed by atoms with van der Waals surface area (Å²) in [6.07, 6.45) is 2.29. The van der Waals surface area contributed by atoms with Crippen molar-refractivity contribution in [3.63, 3.8) is 0 Å². The van der Waals surface area contributed by atoms with Crippen molar-refractivity contribution in [2.45, 2.75) is 31.6 Å². The van der Waals surface area contributed by atoms with Crippen LogP contribution < -0.4 is 20.1 Å². The number of nitrogen functional groups attached to an aromatic ring is 1. The Bertz CT molecular complexity index is 1160. The molecule has 1 fully saturated rings. The van der Waals surface area contributed by atoms with Gasteiger partial charge in [0, 0.05) is 50.0 Å². The number of benzene rings is 2. The number of nitrogens with zero attached hydrogens (tertiary/aromatic N) is 4. The Kier molecular flexibility index (Phi) is 6.77. The summed E-state index contributed by atoms with van der Waals surface area (Å²) in [5.74, 6) is 2.34. The van der Waals surface area contributed by atoms with E-state index >= 15 is 0 Å². The molecular formula is C26H33N5O3. The van der Waals surface area contributed by atoms with Gasteiger partial charge in [0.2, 0.25) is 11.9 Å². The van der Waals surface area contributed by atoms with Crippen LogP contribution in [-0.4, -0.2) is 61.7 Å². The van der Waals surface area contributed by atoms with Gasteiger partial charge in [-0.25, -0.2) is 4.98 Å². The molecule has 2 aromatic carbocycles. The largest absolute Gasteiger partial charge is 0.493 e. The smallest absolute Gasteiger partial charge is 0.227 e. The van der Waals surface area contributed by atoms with Crippen molar-refractivity contribution in [3.8, 4) is 11.5 Å². The standard InChI is InChI=1S/C26H33N5O3/c1-5-23(32)31-13-11-26(12-14-31,18-9-7-6-8-10-18)17-30(2)25-28-20-16-22(34-4)21(33-3)15-19(20)24(27)29-25/h6-10,15-16H,5,11-14,17H2,1-4H3,(H2,27,28,29). The van der Waals surface area contributed by atoms with Gasteiger partial charge in [-0.15, -0.1) is 0 Å². The van der Waals surface area contributed by atoms with Crippen LogP contribution in [0.2, 0.25) is 0 Å². The minimum Gasteiger partial charge on any atom is -0.493 e. The van der Waals surface area contributed by atoms with E-state index < -0.39 is 0 Å². The average molecular weight is 464 g/mol. The van der Waals surface area contributed by atoms with E-state index in [9.17, 15) is 4.79 Å². The third-order valence-electron chi connectivity index (χ3n) is 6.86. The van der Waals surface area contributed by atoms with Crippen molar-refractivity contribution >= 4 is 28.6 Å². The number of likely N-dealkylation sites (tertiary alicyclic amines) is 1. The lowest BCUT2D eigenvalue weighted by atomic mass is 9.72. The Balaban J connectivity index is 1.67. The number of carbonyl (C=O) groups is 1. The molecule has 180 valence electrons. The lowest BCUT2D eigenvalue weighted by molar-refractivity contribution is -0.132. The first-order valence-corrected chi connectivity index (χ1v) is 11.6. The highest BCUT2D eigenvalue weighted by Gasteiger charge is 2.38. The van der Waals surface area contributed by atoms with Gasteiger partial charge >= 0.3 is 0 Å². The predicted molar refractivity (Wildman–Crippen MR) is 135 cm³/mol. The van der Waals surface area contributed by atoms with Gasteiger partial charge in [0.1, 0.15) is 5.82 Å². The molecule has 0 aliphatic carbocycles. The lowest BCUT2D eigenvalue weighted by Gasteiger charge is -2.44. The third-order valence-corrected chi connectivity index (χ3v) is 6.86. The SMILES string of the molecule is CCC(=O)N1CCC(CN(C)c2nc(N)c3cc(OC)c(OC)cc3n2)(c2ccccc2)CC1. The summed E-state index contributed by atoms with van der Waals surface area (Å²) in [5, 5.41) is 0.721. The zero-order chi connectivity index (χ0) is 24.3. The summed E-state index contributed by atoms with van der Waals surface area (Å²) in [4.78, 5) is 25.7. The van der Waals surface area contributed by atoms with Crippen molar-refractivity contribution in [1.29, 1.82) is 0 Å². The number of aromatic nitrogens is 2. The zero-order valence-electron chi connectivity index (χ0n) is 20.4. The molecule has 34 heavy (non-hydrogen) atoms. The summed E-state index contributed by atoms with van der Waals surface area (Å²) in [6.45, 7) is 4.12. The van der Waals surface area contributed by atoms with E-state index in [0.29, 0.717) is 41.7 Å². The number of anilines is 2. The maximum atomic E-state index is 12.3. The molecule has 1 saturated heterocycles. The van der Waals surface area contributed by atoms with Gasteiger partial charge in [0.05, 0.1) is 19.7 Å². The van der Waals surface area contributed by atoms with Crippen LogP contribution in [0.5, 0.6) is 11.5 Å². The number of likely N-dealkylation sites (N-methyl/N-ethyl adjacent to an activating group) is 1. The second kappa shape index (κ2) is 9.75. The van der Waals surface area contributed by atoms with Gasteiger partial charge < -0.3 is 25.0 Å². The van der Waals surface area contributed by atoms with Gasteiger partial charge in [-0.05, 0) is 24.5 Å². The fourth-order valence-corrected chi connectivity index (χ4v) is 4.90. The second-order valence-corrected chi connectivity index (χ2v) is 8.87. The van der Waals surface area contributed by atoms with E-state index in [0.717, 1.165) is 31.3 Å². The van der Waals surface area contributed by atoms with Crippen molar-refractivity contribution in [2.24, 2.45) is 0 Å². The summed E-state index contributed by atoms with van der Waals surface area (Å²) in [6, 6.07) is 14.2. The van der Waals surface area contributed by atoms with E-state index in [1.807, 2.05) is 31.0 Å². The Morgan fingerprint density at radius 2 is 1.74 bits per heavy atom. The van der Waals surface area contributed by atoms with E-state index in [1.54, 1.807) is 20.3 Å². The number of piperidine rings is 1. The number of nitrogens with two attached hydrogens (primary N) is 1. The first-order valence-electron chi connectivity index (χ1n) is 11.6. The maximum absolute atomic E-state index is 12.3. The summed E-state index contributed by atoms with van der Waals surface area (Å²) < 4.78 is 10.8. The number of ether oxygens (including phenoxy) is 2. The summed E-state index contributed by atoms with van der Waals surface area (Å²) in [5.41, 5.74) is 8.18. The van der Waals surface area contributed by atoms with Crippen LogP contribution in [0.25, 0.3) is 10.9 Å². The Labute approximate surface area is 200 Å². The molecular weight excluding hydrogens is 430 g/mol. The highest BCUT2D eigenvalue weighted by atomic mass is 16.5. The van der Waals surface area contributed by atoms with Crippen LogP contribution in [0.4, 0.5) is 11.8 Å². The average Bonchev–Trinajstić information content (AvgIpc) is 2.88. The van der Waals surface area contributed by atoms with Gasteiger partial charge in [-0.1, -0.05) is 37.3 Å². The Morgan fingerprint density at radius 3 is 2.35 bits per heavy atom. The molecule has 0 atom stereocenters. The van der Waals surface area contributed by atoms with Gasteiger partial charge in [-0.2, -0.15) is 4.98 Å². The van der Waals surface area contributed by atoms with Gasteiger partial charge in [-0.3, -0.25) is 4.79 Å². The number of amides is 1. The number of methoxy groups -OCH3 is 2. The molecule has 8 nitrogen and oxygen atoms in total. The lowest BCUT2D eigenvalue weighted by Crippen LogP contribution is -2.50. The summed E-state index contributed by atoms with van der Waals surface area (Å²) >= 11 is 0. The van der Waals surface area contributed by atoms with Crippen LogP contribution in [0.15, 0.2) is 42.5 Å². The fraction of sp³-hybridized carbons (Fsp3) is 0.423. The van der Waals surface area contributed by atoms with Crippen LogP contribution in [0, 0.1) is 0 Å². The minimum atomic E-state index is -0.120. The quantitative estimate of drug-likeness (QED) is 0.572. The molecule has 1 aromatic heterocycles. The van der Waals surface area contributed by atoms with Crippen molar-refractivity contribution in [1.82, 2.24) is 14.9 Å². The van der Waals surface area contributed by atoms with Crippen molar-refractivity contribution in [2.75, 3.05) is 51.5 Å². The highest BCUT2D eigenvalue weighted by molar-refractivity contribution is 5.91. The van der Waals surface area contributed by atoms with Crippen LogP contribution >= 0.6 is 0 Å². The number of hydrogen-bond donors (Lipinski definition) is 1. The molecule has 1 aliphatic rings. The molecule has 0 bridgehead atoms. The normalized spacial score (nSPS) is 15.2. The third kappa shape index (κ3) is 4.44. The molecule has 1 amide bonds. The topological polar surface area (TPSA) is 93.8 Å². The van der Waals surface area contributed by atoms with Gasteiger partial charge in [0.15, 0.2) is 11.5 Å². The molecule has 2 heterocycles. The molecule has 0 spiro atoms. The Hall–Kier alpha value is -3.55. The van der Waals surface area contributed by atoms with E-state index in [2.05, 4.69) is 34.1 Å². The number of hydrogen-bond acceptors (Lipinski definition) is 7. The van der Waals surface area contributed by atoms with Crippen LogP contribution in [-0.2, 0) is 10.2 Å². The summed E-state index contributed by atoms with van der Waals surface area (Å²) in [7, 11) is 5.18. The second-order valence-electron chi connectivity index (χ2n) is 8.87. The van der Waals surface area contributed by atoms with E-state index in [4.69, 9.17) is 20.2 Å². The number of rotatable bonds is 7. The molecule has 0 saturated carbocycles. The first-order chi connectivity index (χ1) is 16.4. The Morgan fingerprint density at radius 1 is 1.09 bits per heavy atom. The first kappa shape index (κ1) is 23.6. The molecule has 4 rings (SSSR count). The molecule has 0 radical (unpaired) electrons. The van der Waals surface area contributed by atoms with E-state index in [1.165, 1.54) is 5.56 Å². The predicted octanol–water partition coefficient (Wildman–Crippen LogP) is 3.64. The fourth-order valence-electron chi connectivity index (χ4n) is 4.90. The van der Waals surface area contributed by atoms with Crippen LogP contribution in [0.3, 0.4) is 0 Å². The van der Waals surface area contributed by atoms with Gasteiger partial charge in [0.25, 0.3) is 0 Å². The van der Waals surface area contributed by atoms with E-state index in [-0.39, 0.29) is 11.3 Å². The van der Waals surface area contributed by atoms with Crippen molar-refractivity contribution < 1.29 is 14.3 Å². The van der Waals surface area contributed by atoms with Crippen LogP contribution in [0.1, 0.15) is 31.7 Å². The molecule has 0 unspecified atom stereocenters. The number of fused-ring (bicyclic) bond motifs is 1. The highest BCUT2D eigenvalue weighted by Crippen LogP contribution is 2.38. The monoisotopic (exact) mass is 463 g/mol. The molecule has 3 aromatic rings.